The van der Waals surface area contributed by atoms with Crippen LogP contribution in [0.2, 0.25) is 0 Å². The second kappa shape index (κ2) is 4.89. The molecule has 0 aliphatic rings. The molecule has 2 aromatic rings. The van der Waals surface area contributed by atoms with E-state index in [9.17, 15) is 4.39 Å². The Hall–Kier alpha value is -1.99. The summed E-state index contributed by atoms with van der Waals surface area (Å²) in [5.41, 5.74) is 3.17. The normalized spacial score (nSPS) is 12.4. The molecule has 0 radical (unpaired) electrons. The molecule has 1 unspecified atom stereocenters. The van der Waals surface area contributed by atoms with Crippen LogP contribution >= 0.6 is 0 Å². The van der Waals surface area contributed by atoms with E-state index in [1.54, 1.807) is 6.07 Å². The lowest BCUT2D eigenvalue weighted by atomic mass is 10.1. The molecule has 90 valence electrons. The SMILES string of the molecule is COc1ccc(C(NN)c2ncn[nH]2)cc1F. The molecule has 2 rings (SSSR count). The lowest BCUT2D eigenvalue weighted by Gasteiger charge is -2.14. The predicted octanol–water partition coefficient (Wildman–Crippen LogP) is 0.505. The molecule has 1 aromatic heterocycles. The van der Waals surface area contributed by atoms with Gasteiger partial charge in [-0.2, -0.15) is 5.10 Å². The van der Waals surface area contributed by atoms with E-state index in [0.717, 1.165) is 0 Å². The van der Waals surface area contributed by atoms with E-state index < -0.39 is 11.9 Å². The number of methoxy groups -OCH3 is 1. The largest absolute Gasteiger partial charge is 0.494 e. The number of halogens is 1. The van der Waals surface area contributed by atoms with Crippen LogP contribution in [0.1, 0.15) is 17.4 Å². The molecule has 6 nitrogen and oxygen atoms in total. The molecule has 0 aliphatic heterocycles. The van der Waals surface area contributed by atoms with E-state index in [1.807, 2.05) is 0 Å². The van der Waals surface area contributed by atoms with Gasteiger partial charge in [0, 0.05) is 0 Å². The summed E-state index contributed by atoms with van der Waals surface area (Å²) in [7, 11) is 1.41. The van der Waals surface area contributed by atoms with Crippen LogP contribution in [-0.2, 0) is 0 Å². The van der Waals surface area contributed by atoms with Gasteiger partial charge in [0.25, 0.3) is 0 Å². The van der Waals surface area contributed by atoms with Gasteiger partial charge < -0.3 is 4.74 Å². The van der Waals surface area contributed by atoms with Gasteiger partial charge in [-0.3, -0.25) is 10.9 Å². The van der Waals surface area contributed by atoms with Crippen molar-refractivity contribution in [2.45, 2.75) is 6.04 Å². The van der Waals surface area contributed by atoms with Crippen LogP contribution < -0.4 is 16.0 Å². The van der Waals surface area contributed by atoms with Crippen molar-refractivity contribution >= 4 is 0 Å². The number of rotatable bonds is 4. The quantitative estimate of drug-likeness (QED) is 0.532. The number of hydrogen-bond acceptors (Lipinski definition) is 5. The molecule has 4 N–H and O–H groups in total. The summed E-state index contributed by atoms with van der Waals surface area (Å²) in [4.78, 5) is 3.97. The molecule has 0 amide bonds. The highest BCUT2D eigenvalue weighted by atomic mass is 19.1. The number of aromatic amines is 1. The fourth-order valence-corrected chi connectivity index (χ4v) is 1.55. The molecule has 0 spiro atoms. The number of aromatic nitrogens is 3. The number of ether oxygens (including phenoxy) is 1. The summed E-state index contributed by atoms with van der Waals surface area (Å²) in [5.74, 6) is 5.66. The molecule has 1 aromatic carbocycles. The number of nitrogens with one attached hydrogen (secondary N) is 2. The minimum absolute atomic E-state index is 0.182. The summed E-state index contributed by atoms with van der Waals surface area (Å²) < 4.78 is 18.4. The third-order valence-corrected chi connectivity index (χ3v) is 2.38. The van der Waals surface area contributed by atoms with Crippen LogP contribution in [0.15, 0.2) is 24.5 Å². The van der Waals surface area contributed by atoms with Gasteiger partial charge in [0.15, 0.2) is 11.6 Å². The smallest absolute Gasteiger partial charge is 0.165 e. The molecule has 1 heterocycles. The standard InChI is InChI=1S/C10H12FN5O/c1-17-8-3-2-6(4-7(8)11)9(15-12)10-13-5-14-16-10/h2-5,9,15H,12H2,1H3,(H,13,14,16). The Bertz CT molecular complexity index is 487. The van der Waals surface area contributed by atoms with E-state index in [1.165, 1.54) is 25.6 Å². The second-order valence-corrected chi connectivity index (χ2v) is 3.36. The predicted molar refractivity (Wildman–Crippen MR) is 58.5 cm³/mol. The highest BCUT2D eigenvalue weighted by molar-refractivity contribution is 5.33. The summed E-state index contributed by atoms with van der Waals surface area (Å²) in [6, 6.07) is 4.13. The van der Waals surface area contributed by atoms with Gasteiger partial charge in [0.2, 0.25) is 0 Å². The molecular weight excluding hydrogens is 225 g/mol. The van der Waals surface area contributed by atoms with Crippen LogP contribution in [0.5, 0.6) is 5.75 Å². The maximum Gasteiger partial charge on any atom is 0.165 e. The van der Waals surface area contributed by atoms with Crippen molar-refractivity contribution in [2.24, 2.45) is 5.84 Å². The lowest BCUT2D eigenvalue weighted by molar-refractivity contribution is 0.385. The molecule has 0 saturated heterocycles. The minimum atomic E-state index is -0.454. The molecule has 1 atom stereocenters. The van der Waals surface area contributed by atoms with Gasteiger partial charge in [0.05, 0.1) is 7.11 Å². The van der Waals surface area contributed by atoms with E-state index in [2.05, 4.69) is 20.6 Å². The maximum atomic E-state index is 13.5. The molecule has 0 fully saturated rings. The average Bonchev–Trinajstić information content (AvgIpc) is 2.84. The fraction of sp³-hybridized carbons (Fsp3) is 0.200. The molecule has 0 bridgehead atoms. The van der Waals surface area contributed by atoms with Gasteiger partial charge in [-0.25, -0.2) is 14.8 Å². The maximum absolute atomic E-state index is 13.5. The van der Waals surface area contributed by atoms with Crippen molar-refractivity contribution in [1.29, 1.82) is 0 Å². The van der Waals surface area contributed by atoms with Gasteiger partial charge in [-0.05, 0) is 17.7 Å². The van der Waals surface area contributed by atoms with Crippen LogP contribution in [0.25, 0.3) is 0 Å². The Labute approximate surface area is 97.0 Å². The van der Waals surface area contributed by atoms with Crippen molar-refractivity contribution in [1.82, 2.24) is 20.6 Å². The Balaban J connectivity index is 2.35. The number of nitrogens with two attached hydrogens (primary N) is 1. The van der Waals surface area contributed by atoms with Gasteiger partial charge in [0.1, 0.15) is 18.2 Å². The van der Waals surface area contributed by atoms with Crippen LogP contribution in [0, 0.1) is 5.82 Å². The van der Waals surface area contributed by atoms with Crippen molar-refractivity contribution in [2.75, 3.05) is 7.11 Å². The molecule has 17 heavy (non-hydrogen) atoms. The van der Waals surface area contributed by atoms with Crippen LogP contribution in [0.4, 0.5) is 4.39 Å². The van der Waals surface area contributed by atoms with Crippen molar-refractivity contribution in [3.8, 4) is 5.75 Å². The first-order valence-corrected chi connectivity index (χ1v) is 4.91. The van der Waals surface area contributed by atoms with Crippen molar-refractivity contribution in [3.05, 3.63) is 41.7 Å². The highest BCUT2D eigenvalue weighted by Gasteiger charge is 2.17. The molecule has 7 heteroatoms. The summed E-state index contributed by atoms with van der Waals surface area (Å²) >= 11 is 0. The number of hydrogen-bond donors (Lipinski definition) is 3. The number of hydrazine groups is 1. The third kappa shape index (κ3) is 2.24. The summed E-state index contributed by atoms with van der Waals surface area (Å²) in [6.45, 7) is 0. The van der Waals surface area contributed by atoms with Gasteiger partial charge in [-0.15, -0.1) is 0 Å². The highest BCUT2D eigenvalue weighted by Crippen LogP contribution is 2.23. The monoisotopic (exact) mass is 237 g/mol. The number of H-pyrrole nitrogens is 1. The number of nitrogens with zero attached hydrogens (tertiary/aromatic N) is 2. The Morgan fingerprint density at radius 2 is 2.35 bits per heavy atom. The fourth-order valence-electron chi connectivity index (χ4n) is 1.55. The topological polar surface area (TPSA) is 88.8 Å². The average molecular weight is 237 g/mol. The first-order valence-electron chi connectivity index (χ1n) is 4.91. The lowest BCUT2D eigenvalue weighted by Crippen LogP contribution is -2.29. The Morgan fingerprint density at radius 1 is 1.53 bits per heavy atom. The molecular formula is C10H12FN5O. The van der Waals surface area contributed by atoms with Crippen LogP contribution in [0.3, 0.4) is 0 Å². The summed E-state index contributed by atoms with van der Waals surface area (Å²) in [6.07, 6.45) is 1.36. The van der Waals surface area contributed by atoms with Gasteiger partial charge in [-0.1, -0.05) is 6.07 Å². The zero-order chi connectivity index (χ0) is 12.3. The first kappa shape index (κ1) is 11.5. The van der Waals surface area contributed by atoms with E-state index in [4.69, 9.17) is 10.6 Å². The zero-order valence-corrected chi connectivity index (χ0v) is 9.14. The molecule has 0 aliphatic carbocycles. The third-order valence-electron chi connectivity index (χ3n) is 2.38. The Kier molecular flexibility index (Phi) is 3.31. The molecule has 0 saturated carbocycles. The van der Waals surface area contributed by atoms with E-state index >= 15 is 0 Å². The van der Waals surface area contributed by atoms with Gasteiger partial charge >= 0.3 is 0 Å². The number of benzene rings is 1. The van der Waals surface area contributed by atoms with Crippen LogP contribution in [-0.4, -0.2) is 22.3 Å². The zero-order valence-electron chi connectivity index (χ0n) is 9.14. The van der Waals surface area contributed by atoms with E-state index in [0.29, 0.717) is 11.4 Å². The minimum Gasteiger partial charge on any atom is -0.494 e. The first-order chi connectivity index (χ1) is 8.26. The second-order valence-electron chi connectivity index (χ2n) is 3.36. The summed E-state index contributed by atoms with van der Waals surface area (Å²) in [5, 5.41) is 6.40. The van der Waals surface area contributed by atoms with Crippen molar-refractivity contribution < 1.29 is 9.13 Å². The van der Waals surface area contributed by atoms with Crippen molar-refractivity contribution in [3.63, 3.8) is 0 Å². The van der Waals surface area contributed by atoms with E-state index in [-0.39, 0.29) is 5.75 Å². The Morgan fingerprint density at radius 3 is 2.88 bits per heavy atom.